The number of rotatable bonds is 5. The zero-order chi connectivity index (χ0) is 16.9. The first-order valence-electron chi connectivity index (χ1n) is 7.08. The number of hydrogen-bond acceptors (Lipinski definition) is 5. The van der Waals surface area contributed by atoms with Crippen molar-refractivity contribution >= 4 is 29.1 Å². The summed E-state index contributed by atoms with van der Waals surface area (Å²) in [5, 5.41) is 20.5. The van der Waals surface area contributed by atoms with E-state index in [0.29, 0.717) is 16.2 Å². The van der Waals surface area contributed by atoms with Crippen molar-refractivity contribution < 1.29 is 9.90 Å². The molecule has 2 heterocycles. The van der Waals surface area contributed by atoms with Gasteiger partial charge in [-0.2, -0.15) is 5.26 Å². The molecule has 1 N–H and O–H groups in total. The fourth-order valence-corrected chi connectivity index (χ4v) is 3.88. The molecule has 1 aromatic carbocycles. The van der Waals surface area contributed by atoms with Crippen LogP contribution in [-0.2, 0) is 4.79 Å². The number of pyridine rings is 1. The van der Waals surface area contributed by atoms with Gasteiger partial charge in [0.25, 0.3) is 0 Å². The van der Waals surface area contributed by atoms with Gasteiger partial charge in [-0.15, -0.1) is 11.3 Å². The molecule has 118 valence electrons. The van der Waals surface area contributed by atoms with Crippen LogP contribution in [0.3, 0.4) is 0 Å². The van der Waals surface area contributed by atoms with Gasteiger partial charge in [0.2, 0.25) is 0 Å². The van der Waals surface area contributed by atoms with Crippen LogP contribution < -0.4 is 0 Å². The fraction of sp³-hybridized carbons (Fsp3) is 0.0556. The molecule has 4 nitrogen and oxygen atoms in total. The summed E-state index contributed by atoms with van der Waals surface area (Å²) in [6.07, 6.45) is 0. The van der Waals surface area contributed by atoms with E-state index in [-0.39, 0.29) is 0 Å². The second-order valence-electron chi connectivity index (χ2n) is 4.89. The molecular formula is C18H12N2O2S2. The van der Waals surface area contributed by atoms with Crippen molar-refractivity contribution in [3.63, 3.8) is 0 Å². The van der Waals surface area contributed by atoms with Crippen LogP contribution in [0.4, 0.5) is 0 Å². The van der Waals surface area contributed by atoms with Gasteiger partial charge < -0.3 is 5.11 Å². The van der Waals surface area contributed by atoms with Crippen LogP contribution in [0.15, 0.2) is 65.0 Å². The van der Waals surface area contributed by atoms with E-state index in [0.717, 1.165) is 22.3 Å². The molecule has 0 aliphatic heterocycles. The summed E-state index contributed by atoms with van der Waals surface area (Å²) < 4.78 is 0. The highest BCUT2D eigenvalue weighted by molar-refractivity contribution is 8.00. The third kappa shape index (κ3) is 3.48. The third-order valence-electron chi connectivity index (χ3n) is 3.31. The highest BCUT2D eigenvalue weighted by Gasteiger charge is 2.23. The Kier molecular flexibility index (Phi) is 4.94. The summed E-state index contributed by atoms with van der Waals surface area (Å²) in [6.45, 7) is 0. The first-order valence-corrected chi connectivity index (χ1v) is 8.84. The maximum Gasteiger partial charge on any atom is 0.321 e. The van der Waals surface area contributed by atoms with Gasteiger partial charge in [-0.1, -0.05) is 48.2 Å². The number of nitriles is 1. The molecule has 0 saturated carbocycles. The van der Waals surface area contributed by atoms with Crippen LogP contribution in [0.1, 0.15) is 16.4 Å². The highest BCUT2D eigenvalue weighted by Crippen LogP contribution is 2.37. The van der Waals surface area contributed by atoms with Crippen molar-refractivity contribution in [1.29, 1.82) is 5.26 Å². The predicted octanol–water partition coefficient (Wildman–Crippen LogP) is 4.60. The van der Waals surface area contributed by atoms with Gasteiger partial charge >= 0.3 is 5.97 Å². The van der Waals surface area contributed by atoms with E-state index in [9.17, 15) is 15.2 Å². The van der Waals surface area contributed by atoms with E-state index >= 15 is 0 Å². The fourth-order valence-electron chi connectivity index (χ4n) is 2.18. The monoisotopic (exact) mass is 352 g/mol. The Labute approximate surface area is 147 Å². The zero-order valence-corrected chi connectivity index (χ0v) is 14.1. The molecule has 0 spiro atoms. The molecular weight excluding hydrogens is 340 g/mol. The summed E-state index contributed by atoms with van der Waals surface area (Å²) in [6, 6.07) is 18.4. The number of carbonyl (C=O) groups is 1. The Bertz CT molecular complexity index is 887. The lowest BCUT2D eigenvalue weighted by atomic mass is 10.1. The molecule has 1 atom stereocenters. The number of nitrogens with zero attached hydrogens (tertiary/aromatic N) is 2. The number of aromatic nitrogens is 1. The standard InChI is InChI=1S/C18H12N2O2S2/c19-11-13-8-9-14(15-7-4-10-23-15)20-17(13)24-16(18(21)22)12-5-2-1-3-6-12/h1-10,16H,(H,21,22)/t16-/m0/s1. The van der Waals surface area contributed by atoms with E-state index in [1.54, 1.807) is 47.7 Å². The number of thiophene rings is 1. The van der Waals surface area contributed by atoms with Crippen molar-refractivity contribution in [3.8, 4) is 16.6 Å². The van der Waals surface area contributed by atoms with Crippen LogP contribution in [0.5, 0.6) is 0 Å². The highest BCUT2D eigenvalue weighted by atomic mass is 32.2. The van der Waals surface area contributed by atoms with Crippen LogP contribution in [0, 0.1) is 11.3 Å². The number of benzene rings is 1. The summed E-state index contributed by atoms with van der Waals surface area (Å²) in [7, 11) is 0. The average molecular weight is 352 g/mol. The number of carboxylic acids is 1. The van der Waals surface area contributed by atoms with Crippen LogP contribution in [0.2, 0.25) is 0 Å². The largest absolute Gasteiger partial charge is 0.480 e. The minimum absolute atomic E-state index is 0.377. The molecule has 3 aromatic rings. The van der Waals surface area contributed by atoms with Crippen molar-refractivity contribution in [1.82, 2.24) is 4.98 Å². The maximum absolute atomic E-state index is 11.7. The molecule has 2 aromatic heterocycles. The Hall–Kier alpha value is -2.62. The molecule has 0 unspecified atom stereocenters. The van der Waals surface area contributed by atoms with Crippen molar-refractivity contribution in [2.24, 2.45) is 0 Å². The van der Waals surface area contributed by atoms with E-state index < -0.39 is 11.2 Å². The number of carboxylic acid groups (broad SMARTS) is 1. The predicted molar refractivity (Wildman–Crippen MR) is 94.9 cm³/mol. The van der Waals surface area contributed by atoms with Gasteiger partial charge in [0, 0.05) is 0 Å². The molecule has 6 heteroatoms. The molecule has 0 radical (unpaired) electrons. The Morgan fingerprint density at radius 2 is 1.96 bits per heavy atom. The van der Waals surface area contributed by atoms with Crippen LogP contribution >= 0.6 is 23.1 Å². The third-order valence-corrected chi connectivity index (χ3v) is 5.45. The number of thioether (sulfide) groups is 1. The topological polar surface area (TPSA) is 74.0 Å². The van der Waals surface area contributed by atoms with Crippen molar-refractivity contribution in [2.75, 3.05) is 0 Å². The average Bonchev–Trinajstić information content (AvgIpc) is 3.14. The Morgan fingerprint density at radius 3 is 2.58 bits per heavy atom. The molecule has 0 amide bonds. The van der Waals surface area contributed by atoms with Crippen molar-refractivity contribution in [2.45, 2.75) is 10.3 Å². The minimum atomic E-state index is -0.960. The van der Waals surface area contributed by atoms with E-state index in [1.807, 2.05) is 23.6 Å². The molecule has 0 aliphatic carbocycles. The van der Waals surface area contributed by atoms with Gasteiger partial charge in [-0.3, -0.25) is 4.79 Å². The number of hydrogen-bond donors (Lipinski definition) is 1. The quantitative estimate of drug-likeness (QED) is 0.679. The Morgan fingerprint density at radius 1 is 1.17 bits per heavy atom. The minimum Gasteiger partial charge on any atom is -0.480 e. The lowest BCUT2D eigenvalue weighted by Crippen LogP contribution is -2.08. The zero-order valence-electron chi connectivity index (χ0n) is 12.4. The molecule has 0 bridgehead atoms. The first-order chi connectivity index (χ1) is 11.7. The maximum atomic E-state index is 11.7. The smallest absolute Gasteiger partial charge is 0.321 e. The lowest BCUT2D eigenvalue weighted by Gasteiger charge is -2.13. The van der Waals surface area contributed by atoms with Gasteiger partial charge in [0.05, 0.1) is 16.1 Å². The first kappa shape index (κ1) is 16.2. The second-order valence-corrected chi connectivity index (χ2v) is 6.93. The van der Waals surface area contributed by atoms with Gasteiger partial charge in [-0.25, -0.2) is 4.98 Å². The van der Waals surface area contributed by atoms with Crippen LogP contribution in [0.25, 0.3) is 10.6 Å². The molecule has 0 fully saturated rings. The van der Waals surface area contributed by atoms with E-state index in [1.165, 1.54) is 0 Å². The summed E-state index contributed by atoms with van der Waals surface area (Å²) in [4.78, 5) is 17.2. The number of aliphatic carboxylic acids is 1. The summed E-state index contributed by atoms with van der Waals surface area (Å²) in [5.74, 6) is -0.960. The summed E-state index contributed by atoms with van der Waals surface area (Å²) >= 11 is 2.63. The SMILES string of the molecule is N#Cc1ccc(-c2cccs2)nc1S[C@H](C(=O)O)c1ccccc1. The van der Waals surface area contributed by atoms with E-state index in [2.05, 4.69) is 11.1 Å². The van der Waals surface area contributed by atoms with Gasteiger partial charge in [0.1, 0.15) is 16.3 Å². The molecule has 24 heavy (non-hydrogen) atoms. The normalized spacial score (nSPS) is 11.6. The van der Waals surface area contributed by atoms with E-state index in [4.69, 9.17) is 0 Å². The van der Waals surface area contributed by atoms with Gasteiger partial charge in [-0.05, 0) is 29.1 Å². The van der Waals surface area contributed by atoms with Crippen molar-refractivity contribution in [3.05, 3.63) is 71.1 Å². The molecule has 0 aliphatic rings. The van der Waals surface area contributed by atoms with Crippen LogP contribution in [-0.4, -0.2) is 16.1 Å². The van der Waals surface area contributed by atoms with Gasteiger partial charge in [0.15, 0.2) is 0 Å². The molecule has 3 rings (SSSR count). The lowest BCUT2D eigenvalue weighted by molar-refractivity contribution is -0.136. The Balaban J connectivity index is 1.99. The second kappa shape index (κ2) is 7.30. The molecule has 0 saturated heterocycles. The summed E-state index contributed by atoms with van der Waals surface area (Å²) in [5.41, 5.74) is 1.79.